The first-order valence-electron chi connectivity index (χ1n) is 40.6. The van der Waals surface area contributed by atoms with E-state index in [0.717, 1.165) is 0 Å². The highest BCUT2D eigenvalue weighted by atomic mass is 16.4. The molecule has 0 unspecified atom stereocenters. The first-order chi connectivity index (χ1) is 59.2. The molecule has 5 rings (SSSR count). The van der Waals surface area contributed by atoms with Gasteiger partial charge in [-0.15, -0.1) is 0 Å². The lowest BCUT2D eigenvalue weighted by atomic mass is 9.99. The van der Waals surface area contributed by atoms with E-state index in [0.29, 0.717) is 27.6 Å². The Bertz CT molecular complexity index is 4510. The van der Waals surface area contributed by atoms with Gasteiger partial charge in [0.2, 0.25) is 70.9 Å². The van der Waals surface area contributed by atoms with E-state index in [1.807, 2.05) is 13.8 Å². The zero-order valence-electron chi connectivity index (χ0n) is 70.0. The van der Waals surface area contributed by atoms with Gasteiger partial charge in [0.15, 0.2) is 23.8 Å². The van der Waals surface area contributed by atoms with E-state index >= 15 is 14.4 Å². The summed E-state index contributed by atoms with van der Waals surface area (Å²) in [6.07, 6.45) is -1.37. The molecular formula is C81H120N26O18. The average molecular weight is 1750 g/mol. The van der Waals surface area contributed by atoms with E-state index in [1.54, 1.807) is 44.3 Å². The van der Waals surface area contributed by atoms with E-state index in [4.69, 9.17) is 56.0 Å². The molecule has 12 atom stereocenters. The highest BCUT2D eigenvalue weighted by molar-refractivity contribution is 6.01. The molecule has 0 saturated heterocycles. The zero-order valence-corrected chi connectivity index (χ0v) is 70.0. The van der Waals surface area contributed by atoms with E-state index in [9.17, 15) is 73.5 Å². The number of benzene rings is 4. The predicted molar refractivity (Wildman–Crippen MR) is 461 cm³/mol. The lowest BCUT2D eigenvalue weighted by molar-refractivity contribution is -0.142. The van der Waals surface area contributed by atoms with Crippen LogP contribution in [0.3, 0.4) is 0 Å². The van der Waals surface area contributed by atoms with Gasteiger partial charge in [0.25, 0.3) is 0 Å². The fourth-order valence-electron chi connectivity index (χ4n) is 13.1. The second-order valence-electron chi connectivity index (χ2n) is 30.8. The number of carbonyl (C=O) groups is 13. The second kappa shape index (κ2) is 51.6. The molecular weight excluding hydrogens is 1630 g/mol. The van der Waals surface area contributed by atoms with E-state index in [-0.39, 0.29) is 144 Å². The van der Waals surface area contributed by atoms with Gasteiger partial charge in [-0.3, -0.25) is 79.2 Å². The molecule has 0 aliphatic heterocycles. The topological polar surface area (TPSA) is 771 Å². The van der Waals surface area contributed by atoms with E-state index in [1.165, 1.54) is 72.8 Å². The molecule has 682 valence electrons. The van der Waals surface area contributed by atoms with Crippen molar-refractivity contribution >= 4 is 112 Å². The zero-order chi connectivity index (χ0) is 92.6. The largest absolute Gasteiger partial charge is 0.508 e. The van der Waals surface area contributed by atoms with Gasteiger partial charge < -0.3 is 145 Å². The van der Waals surface area contributed by atoms with Crippen molar-refractivity contribution in [3.63, 3.8) is 0 Å². The van der Waals surface area contributed by atoms with Gasteiger partial charge >= 0.3 is 5.97 Å². The number of carboxylic acid groups (broad SMARTS) is 1. The normalized spacial score (nSPS) is 14.0. The summed E-state index contributed by atoms with van der Waals surface area (Å²) >= 11 is 0. The Kier molecular flexibility index (Phi) is 41.9. The van der Waals surface area contributed by atoms with Gasteiger partial charge in [0, 0.05) is 69.0 Å². The lowest BCUT2D eigenvalue weighted by Crippen LogP contribution is -2.62. The van der Waals surface area contributed by atoms with Crippen molar-refractivity contribution in [1.29, 1.82) is 21.6 Å². The van der Waals surface area contributed by atoms with Crippen LogP contribution in [-0.4, -0.2) is 236 Å². The number of amides is 12. The van der Waals surface area contributed by atoms with Gasteiger partial charge in [-0.1, -0.05) is 82.3 Å². The number of aliphatic hydroxyl groups excluding tert-OH is 1. The number of aromatic amines is 1. The first kappa shape index (κ1) is 101. The molecule has 125 heavy (non-hydrogen) atoms. The number of aliphatic hydroxyl groups is 1. The Balaban J connectivity index is 1.47. The number of nitrogens with two attached hydrogens (primary N) is 6. The number of H-pyrrole nitrogens is 1. The minimum absolute atomic E-state index is 0.00455. The Morgan fingerprint density at radius 1 is 0.360 bits per heavy atom. The molecule has 0 aliphatic rings. The number of aromatic hydroxyl groups is 3. The number of aromatic nitrogens is 1. The van der Waals surface area contributed by atoms with Crippen LogP contribution < -0.4 is 114 Å². The quantitative estimate of drug-likeness (QED) is 0.00988. The Morgan fingerprint density at radius 3 is 1.00 bits per heavy atom. The minimum Gasteiger partial charge on any atom is -0.508 e. The number of nitrogens with one attached hydrogen (secondary N) is 20. The number of hydrogen-bond acceptors (Lipinski definition) is 22. The molecule has 0 saturated carbocycles. The SMILES string of the molecule is CC(C)C[C@H](NC(=O)[C@H](Cc1ccc(O)cc1)NC(=O)[C@H](CO)NC(=O)[C@H](Cc1c[nH]c2ccccc12)NC(=O)[C@H](Cc1ccc(O)cc1)NC(=O)[C@@H](N)CC(C)C)C(=O)N[C@@H](Cc1ccc(O)cc1)C(=O)N[C@@H](CC(N)=O)C(=O)N[C@@H](CCCNC(=N)N)C(=O)N[C@@H](CCCNC(=N)N)C(=O)N[C@@H](CCCNC(=N)N)C(=O)N[C@@H](CCCNC(=N)N)C(=O)O. The number of guanidine groups is 4. The Morgan fingerprint density at radius 2 is 0.648 bits per heavy atom. The van der Waals surface area contributed by atoms with Crippen LogP contribution in [0.2, 0.25) is 0 Å². The van der Waals surface area contributed by atoms with Gasteiger partial charge in [0.05, 0.1) is 19.1 Å². The Hall–Kier alpha value is -14.1. The number of fused-ring (bicyclic) bond motifs is 1. The van der Waals surface area contributed by atoms with Crippen molar-refractivity contribution in [3.8, 4) is 17.2 Å². The number of rotatable bonds is 54. The summed E-state index contributed by atoms with van der Waals surface area (Å²) in [5, 5.41) is 121. The number of phenols is 3. The van der Waals surface area contributed by atoms with Crippen LogP contribution in [-0.2, 0) is 88.0 Å². The number of hydrogen-bond donors (Lipinski definition) is 31. The summed E-state index contributed by atoms with van der Waals surface area (Å²) in [7, 11) is 0. The molecule has 0 fully saturated rings. The fraction of sp³-hybridized carbons (Fsp3) is 0.469. The summed E-state index contributed by atoms with van der Waals surface area (Å²) in [5.41, 5.74) is 36.1. The molecule has 1 heterocycles. The third-order valence-electron chi connectivity index (χ3n) is 19.5. The molecule has 37 N–H and O–H groups in total. The monoisotopic (exact) mass is 1740 g/mol. The number of phenolic OH excluding ortho intramolecular Hbond substituents is 3. The van der Waals surface area contributed by atoms with E-state index in [2.05, 4.69) is 84.7 Å². The average Bonchev–Trinajstić information content (AvgIpc) is 1.60. The van der Waals surface area contributed by atoms with E-state index < -0.39 is 193 Å². The molecule has 44 heteroatoms. The third kappa shape index (κ3) is 37.0. The van der Waals surface area contributed by atoms with Crippen molar-refractivity contribution in [2.75, 3.05) is 32.8 Å². The number of para-hydroxylation sites is 1. The molecule has 0 radical (unpaired) electrons. The maximum absolute atomic E-state index is 15.1. The van der Waals surface area contributed by atoms with Gasteiger partial charge in [-0.25, -0.2) is 4.79 Å². The number of carboxylic acids is 1. The van der Waals surface area contributed by atoms with Crippen molar-refractivity contribution < 1.29 is 87.9 Å². The summed E-state index contributed by atoms with van der Waals surface area (Å²) in [4.78, 5) is 190. The highest BCUT2D eigenvalue weighted by Gasteiger charge is 2.38. The predicted octanol–water partition coefficient (Wildman–Crippen LogP) is -4.69. The summed E-state index contributed by atoms with van der Waals surface area (Å²) in [6, 6.07) is 4.33. The molecule has 0 spiro atoms. The molecule has 0 bridgehead atoms. The number of aliphatic carboxylic acids is 1. The summed E-state index contributed by atoms with van der Waals surface area (Å²) < 4.78 is 0. The molecule has 12 amide bonds. The van der Waals surface area contributed by atoms with Crippen molar-refractivity contribution in [2.24, 2.45) is 46.2 Å². The molecule has 44 nitrogen and oxygen atoms in total. The summed E-state index contributed by atoms with van der Waals surface area (Å²) in [5.74, 6) is -16.6. The molecule has 1 aromatic heterocycles. The van der Waals surface area contributed by atoms with Crippen LogP contribution in [0.4, 0.5) is 0 Å². The van der Waals surface area contributed by atoms with Crippen molar-refractivity contribution in [1.82, 2.24) is 84.7 Å². The smallest absolute Gasteiger partial charge is 0.326 e. The highest BCUT2D eigenvalue weighted by Crippen LogP contribution is 2.22. The number of carbonyl (C=O) groups excluding carboxylic acids is 12. The molecule has 0 aliphatic carbocycles. The van der Waals surface area contributed by atoms with Crippen LogP contribution in [0.25, 0.3) is 10.9 Å². The standard InChI is InChI=1S/C81H120N26O18/c1-42(2)33-52(82)66(113)101-59(35-44-17-23-48(109)24-18-44)71(118)105-62(38-47-40-96-53-12-6-5-11-51(47)53)74(121)107-64(41-108)76(123)104-61(37-46-21-27-50(111)28-22-46)72(119)102-58(34-43(3)4)70(117)103-60(36-45-19-25-49(110)26-20-45)73(120)106-63(39-65(83)112)75(122)99-55(14-8-30-93-79(86)87)68(115)97-54(13-7-29-92-78(84)85)67(114)98-56(15-9-31-94-80(88)89)69(116)100-57(77(124)125)16-10-32-95-81(90)91/h5-6,11-12,17-28,40,42-43,52,54-64,96,108-111H,7-10,13-16,29-39,41,82H2,1-4H3,(H2,83,112)(H,97,115)(H,98,114)(H,99,122)(H,100,116)(H,101,113)(H,102,119)(H,103,117)(H,104,123)(H,105,118)(H,106,120)(H,107,121)(H,124,125)(H4,84,85,92)(H4,86,87,93)(H4,88,89,94)(H4,90,91,95)/t52-,54-,55-,56-,57-,58-,59-,60-,61-,62-,63-,64-/m0/s1. The van der Waals surface area contributed by atoms with Crippen LogP contribution in [0.1, 0.15) is 121 Å². The Labute approximate surface area is 721 Å². The van der Waals surface area contributed by atoms with Crippen LogP contribution in [0.5, 0.6) is 17.2 Å². The maximum Gasteiger partial charge on any atom is 0.326 e. The van der Waals surface area contributed by atoms with Crippen LogP contribution in [0.15, 0.2) is 103 Å². The van der Waals surface area contributed by atoms with Crippen molar-refractivity contribution in [2.45, 2.75) is 197 Å². The fourth-order valence-corrected chi connectivity index (χ4v) is 13.1. The maximum atomic E-state index is 15.1. The van der Waals surface area contributed by atoms with Crippen LogP contribution >= 0.6 is 0 Å². The van der Waals surface area contributed by atoms with Gasteiger partial charge in [-0.05, 0) is 141 Å². The second-order valence-corrected chi connectivity index (χ2v) is 30.8. The van der Waals surface area contributed by atoms with Crippen molar-refractivity contribution in [3.05, 3.63) is 126 Å². The first-order valence-corrected chi connectivity index (χ1v) is 40.6. The number of primary amides is 1. The van der Waals surface area contributed by atoms with Gasteiger partial charge in [0.1, 0.15) is 83.7 Å². The molecule has 5 aromatic rings. The summed E-state index contributed by atoms with van der Waals surface area (Å²) in [6.45, 7) is 5.91. The third-order valence-corrected chi connectivity index (χ3v) is 19.5. The minimum atomic E-state index is -1.99. The van der Waals surface area contributed by atoms with Crippen LogP contribution in [0, 0.1) is 33.5 Å². The van der Waals surface area contributed by atoms with Gasteiger partial charge in [-0.2, -0.15) is 0 Å². The molecule has 4 aromatic carbocycles. The lowest BCUT2D eigenvalue weighted by Gasteiger charge is -2.29.